The smallest absolute Gasteiger partial charge is 0.269 e. The molecule has 2 aromatic rings. The predicted molar refractivity (Wildman–Crippen MR) is 90.3 cm³/mol. The fourth-order valence-corrected chi connectivity index (χ4v) is 5.77. The molecule has 0 unspecified atom stereocenters. The second kappa shape index (κ2) is 5.38. The van der Waals surface area contributed by atoms with Gasteiger partial charge >= 0.3 is 0 Å². The van der Waals surface area contributed by atoms with Crippen molar-refractivity contribution in [2.75, 3.05) is 6.54 Å². The summed E-state index contributed by atoms with van der Waals surface area (Å²) in [6.45, 7) is 0.930. The van der Waals surface area contributed by atoms with E-state index in [0.29, 0.717) is 25.9 Å². The lowest BCUT2D eigenvalue weighted by molar-refractivity contribution is -0.384. The molecule has 1 aliphatic heterocycles. The Hall–Kier alpha value is -2.23. The molecule has 8 nitrogen and oxygen atoms in total. The van der Waals surface area contributed by atoms with Gasteiger partial charge in [0.25, 0.3) is 5.69 Å². The van der Waals surface area contributed by atoms with E-state index in [4.69, 9.17) is 5.73 Å². The summed E-state index contributed by atoms with van der Waals surface area (Å²) in [6.07, 6.45) is 3.10. The van der Waals surface area contributed by atoms with Crippen LogP contribution in [0.25, 0.3) is 0 Å². The summed E-state index contributed by atoms with van der Waals surface area (Å²) < 4.78 is 30.0. The molecule has 1 aromatic heterocycles. The number of non-ortho nitro benzene ring substituents is 1. The normalized spacial score (nSPS) is 26.2. The lowest BCUT2D eigenvalue weighted by Crippen LogP contribution is -2.64. The van der Waals surface area contributed by atoms with Crippen molar-refractivity contribution in [2.24, 2.45) is 5.73 Å². The minimum atomic E-state index is -3.78. The van der Waals surface area contributed by atoms with Crippen LogP contribution in [0.3, 0.4) is 0 Å². The van der Waals surface area contributed by atoms with E-state index in [2.05, 4.69) is 4.57 Å². The van der Waals surface area contributed by atoms with Gasteiger partial charge in [0.2, 0.25) is 10.0 Å². The molecule has 2 heterocycles. The number of sulfonamides is 1. The third kappa shape index (κ3) is 2.30. The van der Waals surface area contributed by atoms with Crippen molar-refractivity contribution in [2.45, 2.75) is 35.9 Å². The van der Waals surface area contributed by atoms with E-state index in [-0.39, 0.29) is 16.6 Å². The zero-order valence-corrected chi connectivity index (χ0v) is 14.2. The molecule has 0 atom stereocenters. The Morgan fingerprint density at radius 2 is 1.84 bits per heavy atom. The van der Waals surface area contributed by atoms with Gasteiger partial charge in [0.15, 0.2) is 0 Å². The molecule has 2 aliphatic rings. The van der Waals surface area contributed by atoms with Crippen LogP contribution in [0.15, 0.2) is 47.5 Å². The number of hydrogen-bond acceptors (Lipinski definition) is 5. The van der Waals surface area contributed by atoms with Crippen LogP contribution in [-0.2, 0) is 22.1 Å². The maximum atomic E-state index is 13.2. The van der Waals surface area contributed by atoms with Crippen LogP contribution in [0.4, 0.5) is 5.69 Å². The average Bonchev–Trinajstić information content (AvgIpc) is 3.03. The molecule has 2 N–H and O–H groups in total. The number of rotatable bonds is 3. The molecule has 132 valence electrons. The van der Waals surface area contributed by atoms with E-state index in [0.717, 1.165) is 5.69 Å². The number of fused-ring (bicyclic) bond motifs is 2. The molecule has 0 amide bonds. The summed E-state index contributed by atoms with van der Waals surface area (Å²) in [4.78, 5) is 10.3. The van der Waals surface area contributed by atoms with Crippen LogP contribution in [0, 0.1) is 10.1 Å². The SMILES string of the molecule is NC1CC2(C1)c1cccn1CCN2S(=O)(=O)c1ccc([N+](=O)[O-])cc1. The van der Waals surface area contributed by atoms with Crippen molar-refractivity contribution < 1.29 is 13.3 Å². The van der Waals surface area contributed by atoms with Crippen LogP contribution in [0.1, 0.15) is 18.5 Å². The first kappa shape index (κ1) is 16.2. The van der Waals surface area contributed by atoms with Gasteiger partial charge in [-0.2, -0.15) is 4.31 Å². The largest absolute Gasteiger partial charge is 0.348 e. The van der Waals surface area contributed by atoms with Crippen molar-refractivity contribution in [3.05, 3.63) is 58.4 Å². The highest BCUT2D eigenvalue weighted by Crippen LogP contribution is 2.50. The summed E-state index contributed by atoms with van der Waals surface area (Å²) in [7, 11) is -3.78. The van der Waals surface area contributed by atoms with E-state index in [1.54, 1.807) is 0 Å². The number of aromatic nitrogens is 1. The highest BCUT2D eigenvalue weighted by Gasteiger charge is 2.55. The van der Waals surface area contributed by atoms with E-state index in [9.17, 15) is 18.5 Å². The molecular weight excluding hydrogens is 344 g/mol. The monoisotopic (exact) mass is 362 g/mol. The zero-order valence-electron chi connectivity index (χ0n) is 13.4. The Balaban J connectivity index is 1.76. The van der Waals surface area contributed by atoms with Gasteiger partial charge in [-0.3, -0.25) is 10.1 Å². The van der Waals surface area contributed by atoms with Crippen LogP contribution >= 0.6 is 0 Å². The first-order chi connectivity index (χ1) is 11.8. The Morgan fingerprint density at radius 3 is 2.44 bits per heavy atom. The fourth-order valence-electron chi connectivity index (χ4n) is 4.01. The number of benzene rings is 1. The Bertz CT molecular complexity index is 929. The lowest BCUT2D eigenvalue weighted by atomic mass is 9.70. The van der Waals surface area contributed by atoms with Gasteiger partial charge in [-0.1, -0.05) is 0 Å². The summed E-state index contributed by atoms with van der Waals surface area (Å²) >= 11 is 0. The van der Waals surface area contributed by atoms with Gasteiger partial charge < -0.3 is 10.3 Å². The first-order valence-electron chi connectivity index (χ1n) is 8.03. The second-order valence-electron chi connectivity index (χ2n) is 6.61. The third-order valence-electron chi connectivity index (χ3n) is 5.16. The van der Waals surface area contributed by atoms with Crippen LogP contribution < -0.4 is 5.73 Å². The third-order valence-corrected chi connectivity index (χ3v) is 7.14. The van der Waals surface area contributed by atoms with Gasteiger partial charge in [0.1, 0.15) is 0 Å². The summed E-state index contributed by atoms with van der Waals surface area (Å²) in [5.41, 5.74) is 6.21. The van der Waals surface area contributed by atoms with Crippen molar-refractivity contribution >= 4 is 15.7 Å². The molecule has 9 heteroatoms. The second-order valence-corrected chi connectivity index (χ2v) is 8.48. The van der Waals surface area contributed by atoms with E-state index in [1.165, 1.54) is 28.6 Å². The van der Waals surface area contributed by atoms with E-state index in [1.807, 2.05) is 18.3 Å². The molecule has 0 bridgehead atoms. The molecule has 0 saturated heterocycles. The quantitative estimate of drug-likeness (QED) is 0.655. The highest BCUT2D eigenvalue weighted by molar-refractivity contribution is 7.89. The maximum Gasteiger partial charge on any atom is 0.269 e. The molecule has 25 heavy (non-hydrogen) atoms. The number of hydrogen-bond donors (Lipinski definition) is 1. The van der Waals surface area contributed by atoms with Gasteiger partial charge in [-0.15, -0.1) is 0 Å². The molecule has 1 spiro atoms. The van der Waals surface area contributed by atoms with E-state index < -0.39 is 20.5 Å². The molecule has 1 saturated carbocycles. The number of nitrogens with zero attached hydrogens (tertiary/aromatic N) is 3. The number of nitro benzene ring substituents is 1. The summed E-state index contributed by atoms with van der Waals surface area (Å²) in [5.74, 6) is 0. The van der Waals surface area contributed by atoms with Gasteiger partial charge in [0, 0.05) is 43.2 Å². The number of nitrogens with two attached hydrogens (primary N) is 1. The fraction of sp³-hybridized carbons (Fsp3) is 0.375. The predicted octanol–water partition coefficient (Wildman–Crippen LogP) is 1.42. The minimum Gasteiger partial charge on any atom is -0.348 e. The molecule has 1 aliphatic carbocycles. The first-order valence-corrected chi connectivity index (χ1v) is 9.47. The molecular formula is C16H18N4O4S. The van der Waals surface area contributed by atoms with Crippen molar-refractivity contribution in [3.63, 3.8) is 0 Å². The average molecular weight is 362 g/mol. The molecule has 1 aromatic carbocycles. The zero-order chi connectivity index (χ0) is 17.8. The van der Waals surface area contributed by atoms with Crippen molar-refractivity contribution in [3.8, 4) is 0 Å². The van der Waals surface area contributed by atoms with Gasteiger partial charge in [0.05, 0.1) is 15.4 Å². The standard InChI is InChI=1S/C16H18N4O4S/c17-12-10-16(11-12)15-2-1-7-18(15)8-9-19(16)25(23,24)14-5-3-13(4-6-14)20(21)22/h1-7,12H,8-11,17H2. The topological polar surface area (TPSA) is 111 Å². The van der Waals surface area contributed by atoms with Gasteiger partial charge in [-0.25, -0.2) is 8.42 Å². The Labute approximate surface area is 145 Å². The maximum absolute atomic E-state index is 13.2. The lowest BCUT2D eigenvalue weighted by Gasteiger charge is -2.54. The molecule has 1 fully saturated rings. The molecule has 0 radical (unpaired) electrons. The number of nitro groups is 1. The van der Waals surface area contributed by atoms with Crippen LogP contribution in [0.5, 0.6) is 0 Å². The van der Waals surface area contributed by atoms with E-state index >= 15 is 0 Å². The van der Waals surface area contributed by atoms with Gasteiger partial charge in [-0.05, 0) is 37.1 Å². The van der Waals surface area contributed by atoms with Crippen molar-refractivity contribution in [1.82, 2.24) is 8.87 Å². The van der Waals surface area contributed by atoms with Crippen LogP contribution in [-0.4, -0.2) is 34.8 Å². The Morgan fingerprint density at radius 1 is 1.16 bits per heavy atom. The highest BCUT2D eigenvalue weighted by atomic mass is 32.2. The van der Waals surface area contributed by atoms with Crippen molar-refractivity contribution in [1.29, 1.82) is 0 Å². The summed E-state index contributed by atoms with van der Waals surface area (Å²) in [6, 6.07) is 8.88. The summed E-state index contributed by atoms with van der Waals surface area (Å²) in [5, 5.41) is 10.8. The Kier molecular flexibility index (Phi) is 3.50. The minimum absolute atomic E-state index is 0.0315. The van der Waals surface area contributed by atoms with Crippen LogP contribution in [0.2, 0.25) is 0 Å². The molecule has 4 rings (SSSR count).